The van der Waals surface area contributed by atoms with Crippen LogP contribution in [0.25, 0.3) is 10.9 Å². The Hall–Kier alpha value is -1.23. The van der Waals surface area contributed by atoms with Crippen LogP contribution in [-0.2, 0) is 6.54 Å². The number of hydrogen-bond donors (Lipinski definition) is 1. The van der Waals surface area contributed by atoms with Crippen LogP contribution in [0, 0.1) is 5.82 Å². The largest absolute Gasteiger partial charge is 0.311 e. The summed E-state index contributed by atoms with van der Waals surface area (Å²) in [6.45, 7) is 0.759. The number of fused-ring (bicyclic) bond motifs is 3. The molecule has 5 heteroatoms. The van der Waals surface area contributed by atoms with E-state index in [1.165, 1.54) is 25.7 Å². The standard InChI is InChI=1S/C18H22FN3.ClH/c1-22(17-9-15-4-5-16(10-17)21-15)11-13-8-14(19)7-12-3-2-6-20-18(12)13;/h2-3,6-8,15-17,21H,4-5,9-11H2,1H3;1H. The molecule has 23 heavy (non-hydrogen) atoms. The van der Waals surface area contributed by atoms with Gasteiger partial charge in [-0.05, 0) is 56.5 Å². The molecule has 1 aromatic heterocycles. The summed E-state index contributed by atoms with van der Waals surface area (Å²) in [6, 6.07) is 8.93. The van der Waals surface area contributed by atoms with Crippen LogP contribution in [0.15, 0.2) is 30.5 Å². The van der Waals surface area contributed by atoms with Gasteiger partial charge in [-0.25, -0.2) is 4.39 Å². The first-order valence-corrected chi connectivity index (χ1v) is 8.18. The Kier molecular flexibility index (Phi) is 4.85. The van der Waals surface area contributed by atoms with Crippen LogP contribution in [0.1, 0.15) is 31.2 Å². The smallest absolute Gasteiger partial charge is 0.124 e. The van der Waals surface area contributed by atoms with E-state index in [2.05, 4.69) is 22.2 Å². The maximum absolute atomic E-state index is 13.9. The normalized spacial score (nSPS) is 26.5. The lowest BCUT2D eigenvalue weighted by atomic mass is 9.98. The van der Waals surface area contributed by atoms with E-state index >= 15 is 0 Å². The van der Waals surface area contributed by atoms with Crippen LogP contribution < -0.4 is 5.32 Å². The molecule has 2 aliphatic rings. The minimum Gasteiger partial charge on any atom is -0.311 e. The van der Waals surface area contributed by atoms with Crippen molar-refractivity contribution in [2.24, 2.45) is 0 Å². The Morgan fingerprint density at radius 1 is 1.26 bits per heavy atom. The zero-order valence-electron chi connectivity index (χ0n) is 13.3. The third kappa shape index (κ3) is 3.35. The van der Waals surface area contributed by atoms with E-state index in [1.807, 2.05) is 12.1 Å². The molecule has 2 bridgehead atoms. The number of rotatable bonds is 3. The molecule has 2 atom stereocenters. The van der Waals surface area contributed by atoms with E-state index in [4.69, 9.17) is 0 Å². The highest BCUT2D eigenvalue weighted by molar-refractivity contribution is 5.85. The Balaban J connectivity index is 0.00000156. The molecule has 2 saturated heterocycles. The van der Waals surface area contributed by atoms with Crippen LogP contribution in [0.3, 0.4) is 0 Å². The van der Waals surface area contributed by atoms with Crippen molar-refractivity contribution in [1.82, 2.24) is 15.2 Å². The highest BCUT2D eigenvalue weighted by atomic mass is 35.5. The molecular weight excluding hydrogens is 313 g/mol. The van der Waals surface area contributed by atoms with E-state index in [1.54, 1.807) is 18.3 Å². The molecule has 1 N–H and O–H groups in total. The summed E-state index contributed by atoms with van der Waals surface area (Å²) < 4.78 is 13.9. The summed E-state index contributed by atoms with van der Waals surface area (Å²) in [5.41, 5.74) is 1.91. The zero-order valence-corrected chi connectivity index (χ0v) is 14.2. The number of nitrogens with one attached hydrogen (secondary N) is 1. The van der Waals surface area contributed by atoms with Gasteiger partial charge in [0.05, 0.1) is 5.52 Å². The summed E-state index contributed by atoms with van der Waals surface area (Å²) in [4.78, 5) is 6.84. The first-order valence-electron chi connectivity index (χ1n) is 8.18. The lowest BCUT2D eigenvalue weighted by Crippen LogP contribution is -2.46. The van der Waals surface area contributed by atoms with Crippen molar-refractivity contribution in [2.45, 2.75) is 50.4 Å². The van der Waals surface area contributed by atoms with Gasteiger partial charge >= 0.3 is 0 Å². The van der Waals surface area contributed by atoms with Gasteiger partial charge in [-0.2, -0.15) is 0 Å². The molecule has 2 unspecified atom stereocenters. The minimum absolute atomic E-state index is 0. The predicted molar refractivity (Wildman–Crippen MR) is 93.4 cm³/mol. The van der Waals surface area contributed by atoms with Gasteiger partial charge in [0.1, 0.15) is 5.82 Å². The molecule has 2 aromatic rings. The summed E-state index contributed by atoms with van der Waals surface area (Å²) in [5, 5.41) is 4.56. The number of hydrogen-bond acceptors (Lipinski definition) is 3. The Morgan fingerprint density at radius 3 is 2.74 bits per heavy atom. The van der Waals surface area contributed by atoms with E-state index < -0.39 is 0 Å². The van der Waals surface area contributed by atoms with E-state index in [0.29, 0.717) is 18.1 Å². The minimum atomic E-state index is -0.172. The number of aromatic nitrogens is 1. The van der Waals surface area contributed by atoms with Crippen molar-refractivity contribution < 1.29 is 4.39 Å². The second-order valence-corrected chi connectivity index (χ2v) is 6.82. The first kappa shape index (κ1) is 16.6. The fourth-order valence-electron chi connectivity index (χ4n) is 4.13. The van der Waals surface area contributed by atoms with Gasteiger partial charge in [0.15, 0.2) is 0 Å². The van der Waals surface area contributed by atoms with Crippen LogP contribution in [-0.4, -0.2) is 35.1 Å². The lowest BCUT2D eigenvalue weighted by molar-refractivity contribution is 0.166. The fourth-order valence-corrected chi connectivity index (χ4v) is 4.13. The van der Waals surface area contributed by atoms with E-state index in [9.17, 15) is 4.39 Å². The van der Waals surface area contributed by atoms with Gasteiger partial charge < -0.3 is 5.32 Å². The van der Waals surface area contributed by atoms with Crippen molar-refractivity contribution in [3.63, 3.8) is 0 Å². The second kappa shape index (κ2) is 6.71. The average Bonchev–Trinajstić information content (AvgIpc) is 2.85. The Morgan fingerprint density at radius 2 is 2.00 bits per heavy atom. The number of benzene rings is 1. The highest BCUT2D eigenvalue weighted by Gasteiger charge is 2.35. The maximum atomic E-state index is 13.9. The van der Waals surface area contributed by atoms with Gasteiger partial charge in [-0.1, -0.05) is 6.07 Å². The molecule has 0 radical (unpaired) electrons. The van der Waals surface area contributed by atoms with Gasteiger partial charge in [0.25, 0.3) is 0 Å². The Bertz CT molecular complexity index is 681. The monoisotopic (exact) mass is 335 g/mol. The zero-order chi connectivity index (χ0) is 15.1. The van der Waals surface area contributed by atoms with Crippen LogP contribution in [0.5, 0.6) is 0 Å². The summed E-state index contributed by atoms with van der Waals surface area (Å²) in [6.07, 6.45) is 6.80. The fraction of sp³-hybridized carbons (Fsp3) is 0.500. The molecule has 2 aliphatic heterocycles. The van der Waals surface area contributed by atoms with Gasteiger partial charge in [0.2, 0.25) is 0 Å². The number of piperidine rings is 1. The molecule has 4 rings (SSSR count). The number of pyridine rings is 1. The van der Waals surface area contributed by atoms with E-state index in [0.717, 1.165) is 23.0 Å². The SMILES string of the molecule is CN(Cc1cc(F)cc2cccnc12)C1CC2CCC(C1)N2.Cl. The maximum Gasteiger partial charge on any atom is 0.124 e. The van der Waals surface area contributed by atoms with Crippen molar-refractivity contribution in [1.29, 1.82) is 0 Å². The summed E-state index contributed by atoms with van der Waals surface area (Å²) >= 11 is 0. The number of halogens is 2. The van der Waals surface area contributed by atoms with Gasteiger partial charge in [0, 0.05) is 36.3 Å². The average molecular weight is 336 g/mol. The third-order valence-electron chi connectivity index (χ3n) is 5.24. The quantitative estimate of drug-likeness (QED) is 0.930. The van der Waals surface area contributed by atoms with Gasteiger partial charge in [-0.15, -0.1) is 12.4 Å². The molecule has 0 saturated carbocycles. The van der Waals surface area contributed by atoms with Crippen LogP contribution >= 0.6 is 12.4 Å². The van der Waals surface area contributed by atoms with Gasteiger partial charge in [-0.3, -0.25) is 9.88 Å². The number of nitrogens with zero attached hydrogens (tertiary/aromatic N) is 2. The molecule has 2 fully saturated rings. The highest BCUT2D eigenvalue weighted by Crippen LogP contribution is 2.30. The van der Waals surface area contributed by atoms with Crippen LogP contribution in [0.4, 0.5) is 4.39 Å². The molecule has 0 spiro atoms. The Labute approximate surface area is 142 Å². The van der Waals surface area contributed by atoms with E-state index in [-0.39, 0.29) is 18.2 Å². The second-order valence-electron chi connectivity index (χ2n) is 6.82. The molecule has 3 nitrogen and oxygen atoms in total. The van der Waals surface area contributed by atoms with Crippen molar-refractivity contribution in [3.05, 3.63) is 41.8 Å². The molecule has 0 amide bonds. The van der Waals surface area contributed by atoms with Crippen molar-refractivity contribution in [2.75, 3.05) is 7.05 Å². The lowest BCUT2D eigenvalue weighted by Gasteiger charge is -2.35. The first-order chi connectivity index (χ1) is 10.7. The third-order valence-corrected chi connectivity index (χ3v) is 5.24. The van der Waals surface area contributed by atoms with Crippen molar-refractivity contribution >= 4 is 23.3 Å². The summed E-state index contributed by atoms with van der Waals surface area (Å²) in [7, 11) is 2.16. The topological polar surface area (TPSA) is 28.2 Å². The predicted octanol–water partition coefficient (Wildman–Crippen LogP) is 3.51. The molecule has 0 aliphatic carbocycles. The molecule has 3 heterocycles. The molecule has 124 valence electrons. The van der Waals surface area contributed by atoms with Crippen LogP contribution in [0.2, 0.25) is 0 Å². The molecule has 1 aromatic carbocycles. The van der Waals surface area contributed by atoms with Crippen molar-refractivity contribution in [3.8, 4) is 0 Å². The summed E-state index contributed by atoms with van der Waals surface area (Å²) in [5.74, 6) is -0.172. The molecular formula is C18H23ClFN3.